The highest BCUT2D eigenvalue weighted by molar-refractivity contribution is 5.98. The van der Waals surface area contributed by atoms with Gasteiger partial charge in [0.2, 0.25) is 0 Å². The second-order valence-electron chi connectivity index (χ2n) is 5.11. The van der Waals surface area contributed by atoms with Gasteiger partial charge in [0.05, 0.1) is 17.8 Å². The largest absolute Gasteiger partial charge is 0.375 e. The summed E-state index contributed by atoms with van der Waals surface area (Å²) in [6.07, 6.45) is 3.57. The molecule has 0 spiro atoms. The van der Waals surface area contributed by atoms with Gasteiger partial charge >= 0.3 is 0 Å². The smallest absolute Gasteiger partial charge is 0.169 e. The first-order valence-electron chi connectivity index (χ1n) is 6.28. The van der Waals surface area contributed by atoms with E-state index in [2.05, 4.69) is 0 Å². The number of fused-ring (bicyclic) bond motifs is 2. The number of ketones is 1. The Labute approximate surface area is 104 Å². The molecule has 2 unspecified atom stereocenters. The number of ether oxygens (including phenoxy) is 1. The molecule has 2 nitrogen and oxygen atoms in total. The third-order valence-electron chi connectivity index (χ3n) is 3.86. The molecule has 0 saturated carbocycles. The van der Waals surface area contributed by atoms with Crippen LogP contribution in [0.4, 0.5) is 8.78 Å². The summed E-state index contributed by atoms with van der Waals surface area (Å²) >= 11 is 0. The summed E-state index contributed by atoms with van der Waals surface area (Å²) in [5.74, 6) is -1.82. The van der Waals surface area contributed by atoms with E-state index in [1.54, 1.807) is 0 Å². The molecule has 2 atom stereocenters. The fraction of sp³-hybridized carbons (Fsp3) is 0.500. The predicted octanol–water partition coefficient (Wildman–Crippen LogP) is 3.11. The summed E-state index contributed by atoms with van der Waals surface area (Å²) < 4.78 is 32.0. The fourth-order valence-corrected chi connectivity index (χ4v) is 2.98. The van der Waals surface area contributed by atoms with Gasteiger partial charge in [-0.05, 0) is 37.8 Å². The third kappa shape index (κ3) is 2.05. The van der Waals surface area contributed by atoms with Crippen molar-refractivity contribution in [1.82, 2.24) is 0 Å². The Morgan fingerprint density at radius 1 is 1.17 bits per heavy atom. The molecule has 2 aliphatic rings. The zero-order chi connectivity index (χ0) is 12.7. The highest BCUT2D eigenvalue weighted by atomic mass is 19.1. The molecule has 2 aliphatic heterocycles. The molecule has 0 amide bonds. The lowest BCUT2D eigenvalue weighted by molar-refractivity contribution is -0.0150. The van der Waals surface area contributed by atoms with E-state index < -0.39 is 11.6 Å². The van der Waals surface area contributed by atoms with E-state index in [4.69, 9.17) is 4.74 Å². The van der Waals surface area contributed by atoms with Crippen LogP contribution in [0, 0.1) is 17.6 Å². The second kappa shape index (κ2) is 4.43. The topological polar surface area (TPSA) is 26.3 Å². The van der Waals surface area contributed by atoms with Gasteiger partial charge in [-0.2, -0.15) is 0 Å². The van der Waals surface area contributed by atoms with Crippen LogP contribution in [0.5, 0.6) is 0 Å². The molecule has 0 radical (unpaired) electrons. The molecule has 4 heteroatoms. The minimum atomic E-state index is -0.765. The van der Waals surface area contributed by atoms with Crippen molar-refractivity contribution in [3.8, 4) is 0 Å². The number of carbonyl (C=O) groups excluding carboxylic acids is 1. The van der Waals surface area contributed by atoms with E-state index >= 15 is 0 Å². The molecule has 2 saturated heterocycles. The van der Waals surface area contributed by atoms with E-state index in [0.717, 1.165) is 25.0 Å². The van der Waals surface area contributed by atoms with Crippen LogP contribution in [0.1, 0.15) is 36.0 Å². The van der Waals surface area contributed by atoms with Crippen LogP contribution in [-0.2, 0) is 4.74 Å². The molecule has 2 fully saturated rings. The maximum atomic E-state index is 13.6. The Morgan fingerprint density at radius 3 is 2.44 bits per heavy atom. The maximum absolute atomic E-state index is 13.6. The third-order valence-corrected chi connectivity index (χ3v) is 3.86. The van der Waals surface area contributed by atoms with E-state index in [-0.39, 0.29) is 29.5 Å². The number of benzene rings is 1. The maximum Gasteiger partial charge on any atom is 0.169 e. The number of Topliss-reactive ketones (excluding diaryl/α,β-unsaturated/α-hetero) is 1. The molecule has 18 heavy (non-hydrogen) atoms. The van der Waals surface area contributed by atoms with Gasteiger partial charge in [-0.25, -0.2) is 8.78 Å². The Morgan fingerprint density at radius 2 is 1.83 bits per heavy atom. The summed E-state index contributed by atoms with van der Waals surface area (Å²) in [6.45, 7) is 0. The van der Waals surface area contributed by atoms with Crippen molar-refractivity contribution in [3.63, 3.8) is 0 Å². The lowest BCUT2D eigenvalue weighted by Gasteiger charge is -2.27. The second-order valence-corrected chi connectivity index (χ2v) is 5.11. The van der Waals surface area contributed by atoms with Crippen molar-refractivity contribution in [2.24, 2.45) is 5.92 Å². The molecule has 1 aromatic carbocycles. The summed E-state index contributed by atoms with van der Waals surface area (Å²) in [6, 6.07) is 3.13. The number of carbonyl (C=O) groups is 1. The fourth-order valence-electron chi connectivity index (χ4n) is 2.98. The summed E-state index contributed by atoms with van der Waals surface area (Å²) in [5, 5.41) is 0. The minimum Gasteiger partial charge on any atom is -0.375 e. The Kier molecular flexibility index (Phi) is 2.90. The first-order chi connectivity index (χ1) is 8.63. The molecule has 0 aliphatic carbocycles. The predicted molar refractivity (Wildman–Crippen MR) is 61.3 cm³/mol. The molecule has 3 rings (SSSR count). The highest BCUT2D eigenvalue weighted by Gasteiger charge is 2.38. The molecule has 2 heterocycles. The van der Waals surface area contributed by atoms with Crippen LogP contribution in [0.15, 0.2) is 18.2 Å². The van der Waals surface area contributed by atoms with E-state index in [0.29, 0.717) is 12.8 Å². The van der Waals surface area contributed by atoms with Crippen LogP contribution in [-0.4, -0.2) is 18.0 Å². The van der Waals surface area contributed by atoms with Crippen LogP contribution in [0.2, 0.25) is 0 Å². The molecule has 0 N–H and O–H groups in total. The van der Waals surface area contributed by atoms with Gasteiger partial charge in [-0.15, -0.1) is 0 Å². The van der Waals surface area contributed by atoms with Gasteiger partial charge in [0.1, 0.15) is 11.6 Å². The van der Waals surface area contributed by atoms with Gasteiger partial charge < -0.3 is 4.74 Å². The first-order valence-corrected chi connectivity index (χ1v) is 6.28. The summed E-state index contributed by atoms with van der Waals surface area (Å²) in [5.41, 5.74) is 0.00250. The number of hydrogen-bond donors (Lipinski definition) is 0. The van der Waals surface area contributed by atoms with Crippen molar-refractivity contribution in [2.45, 2.75) is 37.9 Å². The van der Waals surface area contributed by atoms with Crippen molar-refractivity contribution < 1.29 is 18.3 Å². The van der Waals surface area contributed by atoms with Gasteiger partial charge in [-0.3, -0.25) is 4.79 Å². The summed E-state index contributed by atoms with van der Waals surface area (Å²) in [4.78, 5) is 12.2. The quantitative estimate of drug-likeness (QED) is 0.756. The van der Waals surface area contributed by atoms with E-state index in [9.17, 15) is 13.6 Å². The van der Waals surface area contributed by atoms with Crippen molar-refractivity contribution in [3.05, 3.63) is 35.4 Å². The van der Waals surface area contributed by atoms with Crippen molar-refractivity contribution in [1.29, 1.82) is 0 Å². The number of hydrogen-bond acceptors (Lipinski definition) is 2. The van der Waals surface area contributed by atoms with Gasteiger partial charge in [0.15, 0.2) is 5.78 Å². The zero-order valence-electron chi connectivity index (χ0n) is 9.86. The standard InChI is InChI=1S/C14H14F2O2/c15-9-1-4-12(13(16)7-9)14(17)8-5-10-2-3-11(6-8)18-10/h1,4,7-8,10-11H,2-3,5-6H2. The van der Waals surface area contributed by atoms with Gasteiger partial charge in [0.25, 0.3) is 0 Å². The van der Waals surface area contributed by atoms with Crippen molar-refractivity contribution >= 4 is 5.78 Å². The lowest BCUT2D eigenvalue weighted by Crippen LogP contribution is -2.30. The van der Waals surface area contributed by atoms with Crippen LogP contribution >= 0.6 is 0 Å². The van der Waals surface area contributed by atoms with Crippen LogP contribution < -0.4 is 0 Å². The normalized spacial score (nSPS) is 30.4. The lowest BCUT2D eigenvalue weighted by atomic mass is 9.88. The van der Waals surface area contributed by atoms with Gasteiger partial charge in [0, 0.05) is 12.0 Å². The van der Waals surface area contributed by atoms with Crippen molar-refractivity contribution in [2.75, 3.05) is 0 Å². The highest BCUT2D eigenvalue weighted by Crippen LogP contribution is 2.37. The number of rotatable bonds is 2. The molecule has 2 bridgehead atoms. The van der Waals surface area contributed by atoms with Crippen LogP contribution in [0.3, 0.4) is 0 Å². The first kappa shape index (κ1) is 11.8. The monoisotopic (exact) mass is 252 g/mol. The average Bonchev–Trinajstić information content (AvgIpc) is 2.67. The Hall–Kier alpha value is -1.29. The van der Waals surface area contributed by atoms with Crippen LogP contribution in [0.25, 0.3) is 0 Å². The molecular formula is C14H14F2O2. The Balaban J connectivity index is 1.82. The molecular weight excluding hydrogens is 238 g/mol. The van der Waals surface area contributed by atoms with E-state index in [1.165, 1.54) is 6.07 Å². The van der Waals surface area contributed by atoms with Gasteiger partial charge in [-0.1, -0.05) is 0 Å². The zero-order valence-corrected chi connectivity index (χ0v) is 9.86. The Bertz CT molecular complexity index is 475. The molecule has 1 aromatic rings. The molecule has 0 aromatic heterocycles. The minimum absolute atomic E-state index is 0.00250. The molecule has 96 valence electrons. The average molecular weight is 252 g/mol. The number of halogens is 2. The summed E-state index contributed by atoms with van der Waals surface area (Å²) in [7, 11) is 0. The SMILES string of the molecule is O=C(c1ccc(F)cc1F)C1CC2CCC(C1)O2. The van der Waals surface area contributed by atoms with E-state index in [1.807, 2.05) is 0 Å².